The molecule has 6 nitrogen and oxygen atoms in total. The monoisotopic (exact) mass is 439 g/mol. The highest BCUT2D eigenvalue weighted by atomic mass is 16.5. The van der Waals surface area contributed by atoms with Crippen LogP contribution in [0.2, 0.25) is 0 Å². The maximum atomic E-state index is 13.3. The second-order valence-electron chi connectivity index (χ2n) is 7.87. The normalized spacial score (nSPS) is 12.7. The second-order valence-corrected chi connectivity index (χ2v) is 7.87. The van der Waals surface area contributed by atoms with E-state index in [4.69, 9.17) is 10.5 Å². The van der Waals surface area contributed by atoms with Gasteiger partial charge in [-0.1, -0.05) is 54.1 Å². The number of benzene rings is 3. The number of nitrogens with two attached hydrogens (primary N) is 1. The molecule has 3 aromatic carbocycles. The molecule has 0 aliphatic heterocycles. The number of carbonyl (C=O) groups is 2. The standard InChI is InChI=1S/C27H25N3O3/c1-18-7-9-20(10-8-18)27(32)33-25(19-5-3-2-4-6-19)24(16-28)26(31)30-23-12-11-22-17-29-14-13-21(22)15-23/h2-15,17,24-25H,16,28H2,1H3,(H,30,31). The van der Waals surface area contributed by atoms with Gasteiger partial charge in [0.15, 0.2) is 0 Å². The lowest BCUT2D eigenvalue weighted by Gasteiger charge is -2.26. The van der Waals surface area contributed by atoms with Crippen LogP contribution in [0, 0.1) is 12.8 Å². The number of hydrogen-bond acceptors (Lipinski definition) is 5. The van der Waals surface area contributed by atoms with Crippen molar-refractivity contribution >= 4 is 28.3 Å². The van der Waals surface area contributed by atoms with E-state index in [0.717, 1.165) is 16.3 Å². The molecular formula is C27H25N3O3. The summed E-state index contributed by atoms with van der Waals surface area (Å²) in [6, 6.07) is 23.7. The average Bonchev–Trinajstić information content (AvgIpc) is 2.84. The van der Waals surface area contributed by atoms with Crippen molar-refractivity contribution in [3.05, 3.63) is 108 Å². The van der Waals surface area contributed by atoms with E-state index in [1.54, 1.807) is 24.5 Å². The van der Waals surface area contributed by atoms with E-state index in [-0.39, 0.29) is 12.5 Å². The summed E-state index contributed by atoms with van der Waals surface area (Å²) in [5.74, 6) is -1.61. The van der Waals surface area contributed by atoms with Gasteiger partial charge in [0.2, 0.25) is 5.91 Å². The number of fused-ring (bicyclic) bond motifs is 1. The summed E-state index contributed by atoms with van der Waals surface area (Å²) in [6.45, 7) is 1.95. The Morgan fingerprint density at radius 3 is 2.45 bits per heavy atom. The van der Waals surface area contributed by atoms with Gasteiger partial charge in [-0.25, -0.2) is 4.79 Å². The van der Waals surface area contributed by atoms with Crippen LogP contribution < -0.4 is 11.1 Å². The molecule has 0 aliphatic rings. The Morgan fingerprint density at radius 1 is 0.970 bits per heavy atom. The summed E-state index contributed by atoms with van der Waals surface area (Å²) in [4.78, 5) is 30.3. The number of rotatable bonds is 7. The Labute approximate surface area is 192 Å². The molecule has 0 radical (unpaired) electrons. The van der Waals surface area contributed by atoms with Gasteiger partial charge in [0.1, 0.15) is 6.10 Å². The molecule has 0 saturated heterocycles. The Balaban J connectivity index is 1.59. The fourth-order valence-corrected chi connectivity index (χ4v) is 3.66. The predicted octanol–water partition coefficient (Wildman–Crippen LogP) is 4.65. The van der Waals surface area contributed by atoms with E-state index in [0.29, 0.717) is 16.8 Å². The summed E-state index contributed by atoms with van der Waals surface area (Å²) in [5, 5.41) is 4.85. The maximum absolute atomic E-state index is 13.3. The third kappa shape index (κ3) is 5.25. The van der Waals surface area contributed by atoms with E-state index in [1.165, 1.54) is 0 Å². The zero-order valence-electron chi connectivity index (χ0n) is 18.3. The van der Waals surface area contributed by atoms with Crippen molar-refractivity contribution in [2.24, 2.45) is 11.7 Å². The summed E-state index contributed by atoms with van der Waals surface area (Å²) in [7, 11) is 0. The first-order valence-electron chi connectivity index (χ1n) is 10.7. The molecule has 33 heavy (non-hydrogen) atoms. The number of aromatic nitrogens is 1. The second kappa shape index (κ2) is 10.1. The predicted molar refractivity (Wildman–Crippen MR) is 129 cm³/mol. The minimum absolute atomic E-state index is 0.00404. The lowest BCUT2D eigenvalue weighted by Crippen LogP contribution is -2.36. The number of anilines is 1. The highest BCUT2D eigenvalue weighted by Crippen LogP contribution is 2.29. The van der Waals surface area contributed by atoms with Crippen LogP contribution in [0.3, 0.4) is 0 Å². The number of nitrogens with zero attached hydrogens (tertiary/aromatic N) is 1. The zero-order valence-corrected chi connectivity index (χ0v) is 18.3. The van der Waals surface area contributed by atoms with Crippen LogP contribution in [0.15, 0.2) is 91.3 Å². The van der Waals surface area contributed by atoms with Crippen molar-refractivity contribution in [1.29, 1.82) is 0 Å². The first-order chi connectivity index (χ1) is 16.0. The number of ether oxygens (including phenoxy) is 1. The number of carbonyl (C=O) groups excluding carboxylic acids is 2. The molecule has 2 unspecified atom stereocenters. The van der Waals surface area contributed by atoms with Crippen molar-refractivity contribution < 1.29 is 14.3 Å². The minimum atomic E-state index is -0.838. The smallest absolute Gasteiger partial charge is 0.338 e. The van der Waals surface area contributed by atoms with Crippen LogP contribution in [0.5, 0.6) is 0 Å². The van der Waals surface area contributed by atoms with Crippen LogP contribution in [0.25, 0.3) is 10.8 Å². The van der Waals surface area contributed by atoms with Crippen molar-refractivity contribution in [2.45, 2.75) is 13.0 Å². The summed E-state index contributed by atoms with van der Waals surface area (Å²) in [6.07, 6.45) is 2.63. The largest absolute Gasteiger partial charge is 0.453 e. The van der Waals surface area contributed by atoms with E-state index in [2.05, 4.69) is 10.3 Å². The molecule has 3 N–H and O–H groups in total. The lowest BCUT2D eigenvalue weighted by molar-refractivity contribution is -0.123. The topological polar surface area (TPSA) is 94.3 Å². The van der Waals surface area contributed by atoms with Crippen LogP contribution in [-0.2, 0) is 9.53 Å². The third-order valence-electron chi connectivity index (χ3n) is 5.51. The van der Waals surface area contributed by atoms with Crippen molar-refractivity contribution in [3.8, 4) is 0 Å². The Morgan fingerprint density at radius 2 is 1.73 bits per heavy atom. The maximum Gasteiger partial charge on any atom is 0.338 e. The van der Waals surface area contributed by atoms with Gasteiger partial charge in [-0.2, -0.15) is 0 Å². The fraction of sp³-hybridized carbons (Fsp3) is 0.148. The van der Waals surface area contributed by atoms with E-state index in [9.17, 15) is 9.59 Å². The van der Waals surface area contributed by atoms with Crippen LogP contribution in [0.4, 0.5) is 5.69 Å². The average molecular weight is 440 g/mol. The molecule has 0 saturated carbocycles. The SMILES string of the molecule is Cc1ccc(C(=O)OC(c2ccccc2)C(CN)C(=O)Nc2ccc3cnccc3c2)cc1. The van der Waals surface area contributed by atoms with E-state index in [1.807, 2.05) is 73.7 Å². The van der Waals surface area contributed by atoms with Gasteiger partial charge in [-0.05, 0) is 48.2 Å². The molecule has 1 amide bonds. The zero-order chi connectivity index (χ0) is 23.2. The minimum Gasteiger partial charge on any atom is -0.453 e. The molecule has 4 rings (SSSR count). The Bertz CT molecular complexity index is 1260. The van der Waals surface area contributed by atoms with E-state index < -0.39 is 18.0 Å². The molecule has 1 aromatic heterocycles. The first kappa shape index (κ1) is 22.2. The number of nitrogens with one attached hydrogen (secondary N) is 1. The Kier molecular flexibility index (Phi) is 6.76. The summed E-state index contributed by atoms with van der Waals surface area (Å²) in [5.41, 5.74) is 8.82. The summed E-state index contributed by atoms with van der Waals surface area (Å²) >= 11 is 0. The number of pyridine rings is 1. The van der Waals surface area contributed by atoms with Crippen LogP contribution in [-0.4, -0.2) is 23.4 Å². The van der Waals surface area contributed by atoms with Gasteiger partial charge in [0.25, 0.3) is 0 Å². The molecule has 0 bridgehead atoms. The molecular weight excluding hydrogens is 414 g/mol. The number of hydrogen-bond donors (Lipinski definition) is 2. The van der Waals surface area contributed by atoms with Gasteiger partial charge in [-0.3, -0.25) is 9.78 Å². The van der Waals surface area contributed by atoms with E-state index >= 15 is 0 Å². The van der Waals surface area contributed by atoms with Crippen LogP contribution in [0.1, 0.15) is 27.6 Å². The fourth-order valence-electron chi connectivity index (χ4n) is 3.66. The molecule has 2 atom stereocenters. The highest BCUT2D eigenvalue weighted by Gasteiger charge is 2.32. The lowest BCUT2D eigenvalue weighted by atomic mass is 9.94. The highest BCUT2D eigenvalue weighted by molar-refractivity contribution is 5.96. The van der Waals surface area contributed by atoms with Gasteiger partial charge < -0.3 is 15.8 Å². The molecule has 0 fully saturated rings. The first-order valence-corrected chi connectivity index (χ1v) is 10.7. The van der Waals surface area contributed by atoms with Crippen molar-refractivity contribution in [3.63, 3.8) is 0 Å². The summed E-state index contributed by atoms with van der Waals surface area (Å²) < 4.78 is 5.86. The molecule has 0 aliphatic carbocycles. The van der Waals surface area contributed by atoms with Gasteiger partial charge in [0.05, 0.1) is 11.5 Å². The Hall–Kier alpha value is -4.03. The van der Waals surface area contributed by atoms with Gasteiger partial charge in [0, 0.05) is 30.0 Å². The van der Waals surface area contributed by atoms with Crippen LogP contribution >= 0.6 is 0 Å². The number of aryl methyl sites for hydroxylation is 1. The molecule has 6 heteroatoms. The third-order valence-corrected chi connectivity index (χ3v) is 5.51. The molecule has 1 heterocycles. The van der Waals surface area contributed by atoms with Crippen molar-refractivity contribution in [2.75, 3.05) is 11.9 Å². The quantitative estimate of drug-likeness (QED) is 0.409. The number of amides is 1. The van der Waals surface area contributed by atoms with Gasteiger partial charge in [-0.15, -0.1) is 0 Å². The molecule has 0 spiro atoms. The molecule has 4 aromatic rings. The van der Waals surface area contributed by atoms with Crippen molar-refractivity contribution in [1.82, 2.24) is 4.98 Å². The molecule has 166 valence electrons. The number of esters is 1. The van der Waals surface area contributed by atoms with Gasteiger partial charge >= 0.3 is 5.97 Å².